The average molecular weight is 138 g/mol. The van der Waals surface area contributed by atoms with E-state index in [2.05, 4.69) is 20.4 Å². The quantitative estimate of drug-likeness (QED) is 0.487. The Bertz CT molecular complexity index is 124. The van der Waals surface area contributed by atoms with Crippen LogP contribution in [0.15, 0.2) is 12.2 Å². The fourth-order valence-electron chi connectivity index (χ4n) is 2.03. The van der Waals surface area contributed by atoms with Crippen LogP contribution in [0, 0.1) is 11.8 Å². The molecule has 0 bridgehead atoms. The Labute approximate surface area is 64.3 Å². The highest BCUT2D eigenvalue weighted by molar-refractivity contribution is 5.00. The van der Waals surface area contributed by atoms with Gasteiger partial charge in [0.15, 0.2) is 0 Å². The normalized spacial score (nSPS) is 34.4. The van der Waals surface area contributed by atoms with Gasteiger partial charge in [-0.15, -0.1) is 0 Å². The van der Waals surface area contributed by atoms with Crippen LogP contribution in [-0.4, -0.2) is 0 Å². The molecule has 0 nitrogen and oxygen atoms in total. The molecule has 0 heteroatoms. The molecule has 0 aliphatic heterocycles. The Morgan fingerprint density at radius 2 is 2.20 bits per heavy atom. The van der Waals surface area contributed by atoms with Crippen molar-refractivity contribution in [3.63, 3.8) is 0 Å². The third kappa shape index (κ3) is 1.86. The summed E-state index contributed by atoms with van der Waals surface area (Å²) < 4.78 is 0. The Morgan fingerprint density at radius 3 is 2.70 bits per heavy atom. The molecule has 1 aliphatic carbocycles. The molecule has 0 spiro atoms. The molecular formula is C10H18. The minimum Gasteiger partial charge on any atom is -0.0998 e. The summed E-state index contributed by atoms with van der Waals surface area (Å²) in [5.41, 5.74) is 1.48. The van der Waals surface area contributed by atoms with Crippen molar-refractivity contribution in [2.24, 2.45) is 11.8 Å². The zero-order chi connectivity index (χ0) is 7.56. The summed E-state index contributed by atoms with van der Waals surface area (Å²) in [6, 6.07) is 0. The molecule has 1 aliphatic rings. The summed E-state index contributed by atoms with van der Waals surface area (Å²) >= 11 is 0. The molecule has 2 atom stereocenters. The van der Waals surface area contributed by atoms with Gasteiger partial charge in [0.2, 0.25) is 0 Å². The van der Waals surface area contributed by atoms with Crippen LogP contribution in [0.3, 0.4) is 0 Å². The Kier molecular flexibility index (Phi) is 2.53. The monoisotopic (exact) mass is 138 g/mol. The molecule has 10 heavy (non-hydrogen) atoms. The molecular weight excluding hydrogens is 120 g/mol. The molecule has 0 N–H and O–H groups in total. The fourth-order valence-corrected chi connectivity index (χ4v) is 2.03. The maximum absolute atomic E-state index is 4.06. The number of allylic oxidation sites excluding steroid dienone is 1. The van der Waals surface area contributed by atoms with Crippen LogP contribution >= 0.6 is 0 Å². The highest BCUT2D eigenvalue weighted by Crippen LogP contribution is 2.33. The van der Waals surface area contributed by atoms with Gasteiger partial charge in [-0.05, 0) is 31.1 Å². The summed E-state index contributed by atoms with van der Waals surface area (Å²) in [6.07, 6.45) is 5.33. The van der Waals surface area contributed by atoms with E-state index < -0.39 is 0 Å². The second-order valence-corrected chi connectivity index (χ2v) is 3.77. The fraction of sp³-hybridized carbons (Fsp3) is 0.800. The summed E-state index contributed by atoms with van der Waals surface area (Å²) in [7, 11) is 0. The van der Waals surface area contributed by atoms with Gasteiger partial charge < -0.3 is 0 Å². The van der Waals surface area contributed by atoms with E-state index in [9.17, 15) is 0 Å². The molecule has 0 heterocycles. The first-order valence-electron chi connectivity index (χ1n) is 4.39. The van der Waals surface area contributed by atoms with E-state index in [-0.39, 0.29) is 0 Å². The number of hydrogen-bond acceptors (Lipinski definition) is 0. The standard InChI is InChI=1S/C10H18/c1-4-10-6-8(2)5-9(3)7-10/h9-10H,2,4-7H2,1,3H3. The smallest absolute Gasteiger partial charge is 0.0294 e. The van der Waals surface area contributed by atoms with Gasteiger partial charge in [0.1, 0.15) is 0 Å². The minimum absolute atomic E-state index is 0.895. The van der Waals surface area contributed by atoms with Gasteiger partial charge >= 0.3 is 0 Å². The highest BCUT2D eigenvalue weighted by Gasteiger charge is 2.18. The van der Waals surface area contributed by atoms with Crippen LogP contribution < -0.4 is 0 Å². The molecule has 1 fully saturated rings. The van der Waals surface area contributed by atoms with Gasteiger partial charge in [0.25, 0.3) is 0 Å². The van der Waals surface area contributed by atoms with Gasteiger partial charge in [-0.1, -0.05) is 32.4 Å². The third-order valence-corrected chi connectivity index (χ3v) is 2.53. The summed E-state index contributed by atoms with van der Waals surface area (Å²) in [4.78, 5) is 0. The first-order chi connectivity index (χ1) is 4.72. The van der Waals surface area contributed by atoms with E-state index in [0.29, 0.717) is 0 Å². The molecule has 58 valence electrons. The molecule has 0 aromatic carbocycles. The van der Waals surface area contributed by atoms with Gasteiger partial charge in [0, 0.05) is 0 Å². The van der Waals surface area contributed by atoms with Crippen LogP contribution in [0.2, 0.25) is 0 Å². The second-order valence-electron chi connectivity index (χ2n) is 3.77. The minimum atomic E-state index is 0.895. The third-order valence-electron chi connectivity index (χ3n) is 2.53. The zero-order valence-electron chi connectivity index (χ0n) is 7.19. The van der Waals surface area contributed by atoms with E-state index in [4.69, 9.17) is 0 Å². The average Bonchev–Trinajstić information content (AvgIpc) is 1.85. The van der Waals surface area contributed by atoms with Crippen molar-refractivity contribution in [2.45, 2.75) is 39.5 Å². The largest absolute Gasteiger partial charge is 0.0998 e. The molecule has 1 rings (SSSR count). The maximum atomic E-state index is 4.06. The zero-order valence-corrected chi connectivity index (χ0v) is 7.19. The second kappa shape index (κ2) is 3.23. The van der Waals surface area contributed by atoms with Crippen molar-refractivity contribution in [2.75, 3.05) is 0 Å². The Balaban J connectivity index is 2.42. The van der Waals surface area contributed by atoms with E-state index in [1.54, 1.807) is 0 Å². The van der Waals surface area contributed by atoms with E-state index >= 15 is 0 Å². The molecule has 0 aromatic rings. The SMILES string of the molecule is C=C1CC(C)CC(CC)C1. The lowest BCUT2D eigenvalue weighted by Gasteiger charge is -2.27. The van der Waals surface area contributed by atoms with Gasteiger partial charge in [-0.2, -0.15) is 0 Å². The first-order valence-corrected chi connectivity index (χ1v) is 4.39. The van der Waals surface area contributed by atoms with Gasteiger partial charge in [0.05, 0.1) is 0 Å². The van der Waals surface area contributed by atoms with Crippen LogP contribution in [0.25, 0.3) is 0 Å². The molecule has 1 saturated carbocycles. The lowest BCUT2D eigenvalue weighted by molar-refractivity contribution is 0.329. The molecule has 0 saturated heterocycles. The molecule has 0 amide bonds. The molecule has 0 aromatic heterocycles. The predicted octanol–water partition coefficient (Wildman–Crippen LogP) is 3.39. The lowest BCUT2D eigenvalue weighted by atomic mass is 9.79. The van der Waals surface area contributed by atoms with Crippen molar-refractivity contribution in [3.05, 3.63) is 12.2 Å². The Hall–Kier alpha value is -0.260. The summed E-state index contributed by atoms with van der Waals surface area (Å²) in [6.45, 7) is 8.69. The lowest BCUT2D eigenvalue weighted by Crippen LogP contribution is -2.13. The molecule has 2 unspecified atom stereocenters. The van der Waals surface area contributed by atoms with E-state index in [1.165, 1.54) is 31.3 Å². The van der Waals surface area contributed by atoms with Crippen molar-refractivity contribution in [3.8, 4) is 0 Å². The Morgan fingerprint density at radius 1 is 1.50 bits per heavy atom. The van der Waals surface area contributed by atoms with Crippen molar-refractivity contribution >= 4 is 0 Å². The van der Waals surface area contributed by atoms with Crippen LogP contribution in [-0.2, 0) is 0 Å². The van der Waals surface area contributed by atoms with Crippen molar-refractivity contribution < 1.29 is 0 Å². The van der Waals surface area contributed by atoms with Crippen LogP contribution in [0.4, 0.5) is 0 Å². The maximum Gasteiger partial charge on any atom is -0.0294 e. The van der Waals surface area contributed by atoms with Crippen LogP contribution in [0.5, 0.6) is 0 Å². The van der Waals surface area contributed by atoms with Crippen LogP contribution in [0.1, 0.15) is 39.5 Å². The van der Waals surface area contributed by atoms with Crippen molar-refractivity contribution in [1.29, 1.82) is 0 Å². The van der Waals surface area contributed by atoms with E-state index in [1.807, 2.05) is 0 Å². The van der Waals surface area contributed by atoms with Gasteiger partial charge in [-0.25, -0.2) is 0 Å². The highest BCUT2D eigenvalue weighted by atomic mass is 14.2. The first kappa shape index (κ1) is 7.84. The summed E-state index contributed by atoms with van der Waals surface area (Å²) in [5, 5.41) is 0. The predicted molar refractivity (Wildman–Crippen MR) is 45.9 cm³/mol. The van der Waals surface area contributed by atoms with Gasteiger partial charge in [-0.3, -0.25) is 0 Å². The number of hydrogen-bond donors (Lipinski definition) is 0. The number of rotatable bonds is 1. The topological polar surface area (TPSA) is 0 Å². The summed E-state index contributed by atoms with van der Waals surface area (Å²) in [5.74, 6) is 1.84. The van der Waals surface area contributed by atoms with Crippen molar-refractivity contribution in [1.82, 2.24) is 0 Å². The molecule has 0 radical (unpaired) electrons. The van der Waals surface area contributed by atoms with E-state index in [0.717, 1.165) is 11.8 Å².